The molecule has 0 aliphatic carbocycles. The van der Waals surface area contributed by atoms with Crippen molar-refractivity contribution in [2.75, 3.05) is 30.3 Å². The van der Waals surface area contributed by atoms with Crippen LogP contribution in [0.2, 0.25) is 0 Å². The van der Waals surface area contributed by atoms with E-state index in [-0.39, 0.29) is 11.9 Å². The van der Waals surface area contributed by atoms with E-state index in [0.29, 0.717) is 18.1 Å². The van der Waals surface area contributed by atoms with Crippen LogP contribution in [0, 0.1) is 24.2 Å². The van der Waals surface area contributed by atoms with Gasteiger partial charge in [0.25, 0.3) is 0 Å². The average molecular weight is 380 g/mol. The predicted molar refractivity (Wildman–Crippen MR) is 107 cm³/mol. The van der Waals surface area contributed by atoms with E-state index in [0.717, 1.165) is 42.9 Å². The summed E-state index contributed by atoms with van der Waals surface area (Å²) in [6, 6.07) is 7.90. The number of rotatable bonds is 5. The maximum absolute atomic E-state index is 11.9. The fourth-order valence-corrected chi connectivity index (χ4v) is 3.34. The molecular formula is C20H24N6O2. The Kier molecular flexibility index (Phi) is 5.94. The van der Waals surface area contributed by atoms with Crippen LogP contribution in [0.3, 0.4) is 0 Å². The minimum Gasteiger partial charge on any atom is -0.466 e. The van der Waals surface area contributed by atoms with Gasteiger partial charge in [-0.2, -0.15) is 10.4 Å². The lowest BCUT2D eigenvalue weighted by Crippen LogP contribution is -2.37. The summed E-state index contributed by atoms with van der Waals surface area (Å²) in [6.45, 7) is 5.51. The molecule has 2 aromatic rings. The van der Waals surface area contributed by atoms with Gasteiger partial charge < -0.3 is 15.4 Å². The van der Waals surface area contributed by atoms with Crippen molar-refractivity contribution in [3.63, 3.8) is 0 Å². The maximum Gasteiger partial charge on any atom is 0.309 e. The molecule has 3 rings (SSSR count). The molecule has 0 bridgehead atoms. The minimum atomic E-state index is -0.122. The van der Waals surface area contributed by atoms with E-state index in [1.807, 2.05) is 26.0 Å². The summed E-state index contributed by atoms with van der Waals surface area (Å²) in [4.78, 5) is 18.1. The quantitative estimate of drug-likeness (QED) is 0.630. The van der Waals surface area contributed by atoms with Crippen LogP contribution >= 0.6 is 0 Å². The molecule has 0 radical (unpaired) electrons. The highest BCUT2D eigenvalue weighted by Crippen LogP contribution is 2.27. The lowest BCUT2D eigenvalue weighted by atomic mass is 9.96. The standard InChI is InChI=1S/C20H24N6O2/c1-3-28-19(27)16-6-8-25(9-7-16)18-5-4-15(10-17(18)11-21)12-23-26-13-14(2)24-20(26)22/h4-5,10,12-13,16H,3,6-9H2,1-2H3,(H2,22,24). The summed E-state index contributed by atoms with van der Waals surface area (Å²) in [6.07, 6.45) is 4.84. The van der Waals surface area contributed by atoms with Gasteiger partial charge >= 0.3 is 5.97 Å². The summed E-state index contributed by atoms with van der Waals surface area (Å²) in [5.41, 5.74) is 8.82. The highest BCUT2D eigenvalue weighted by molar-refractivity contribution is 5.82. The molecule has 28 heavy (non-hydrogen) atoms. The lowest BCUT2D eigenvalue weighted by Gasteiger charge is -2.33. The Hall–Kier alpha value is -3.34. The van der Waals surface area contributed by atoms with Gasteiger partial charge in [0.1, 0.15) is 6.07 Å². The number of piperidine rings is 1. The van der Waals surface area contributed by atoms with E-state index in [4.69, 9.17) is 10.5 Å². The second kappa shape index (κ2) is 8.57. The molecule has 0 amide bonds. The Morgan fingerprint density at radius 2 is 2.21 bits per heavy atom. The van der Waals surface area contributed by atoms with Crippen molar-refractivity contribution >= 4 is 23.8 Å². The van der Waals surface area contributed by atoms with Gasteiger partial charge in [-0.25, -0.2) is 9.66 Å². The Labute approximate surface area is 164 Å². The monoisotopic (exact) mass is 380 g/mol. The first-order valence-electron chi connectivity index (χ1n) is 9.33. The van der Waals surface area contributed by atoms with Crippen LogP contribution in [0.1, 0.15) is 36.6 Å². The van der Waals surface area contributed by atoms with E-state index in [1.54, 1.807) is 18.5 Å². The van der Waals surface area contributed by atoms with Crippen LogP contribution in [-0.4, -0.2) is 41.5 Å². The number of nitrogens with two attached hydrogens (primary N) is 1. The number of ether oxygens (including phenoxy) is 1. The SMILES string of the molecule is CCOC(=O)C1CCN(c2ccc(C=Nn3cc(C)nc3N)cc2C#N)CC1. The van der Waals surface area contributed by atoms with Gasteiger partial charge in [0, 0.05) is 13.1 Å². The number of carbonyl (C=O) groups excluding carboxylic acids is 1. The molecule has 0 saturated carbocycles. The van der Waals surface area contributed by atoms with Gasteiger partial charge in [-0.15, -0.1) is 0 Å². The van der Waals surface area contributed by atoms with Crippen molar-refractivity contribution in [3.05, 3.63) is 41.2 Å². The number of aryl methyl sites for hydroxylation is 1. The number of aromatic nitrogens is 2. The summed E-state index contributed by atoms with van der Waals surface area (Å²) in [5.74, 6) is 0.135. The molecule has 1 aliphatic rings. The predicted octanol–water partition coefficient (Wildman–Crippen LogP) is 2.31. The Morgan fingerprint density at radius 3 is 2.82 bits per heavy atom. The summed E-state index contributed by atoms with van der Waals surface area (Å²) in [5, 5.41) is 13.9. The summed E-state index contributed by atoms with van der Waals surface area (Å²) < 4.78 is 6.61. The van der Waals surface area contributed by atoms with E-state index in [1.165, 1.54) is 4.68 Å². The first-order valence-corrected chi connectivity index (χ1v) is 9.33. The number of hydrogen-bond acceptors (Lipinski definition) is 7. The number of nitrogen functional groups attached to an aromatic ring is 1. The highest BCUT2D eigenvalue weighted by atomic mass is 16.5. The van der Waals surface area contributed by atoms with Crippen molar-refractivity contribution in [2.45, 2.75) is 26.7 Å². The molecular weight excluding hydrogens is 356 g/mol. The van der Waals surface area contributed by atoms with Crippen molar-refractivity contribution in [1.29, 1.82) is 5.26 Å². The fraction of sp³-hybridized carbons (Fsp3) is 0.400. The Balaban J connectivity index is 1.71. The molecule has 1 aromatic carbocycles. The first-order chi connectivity index (χ1) is 13.5. The third kappa shape index (κ3) is 4.31. The molecule has 8 heteroatoms. The highest BCUT2D eigenvalue weighted by Gasteiger charge is 2.27. The number of carbonyl (C=O) groups is 1. The molecule has 0 unspecified atom stereocenters. The molecule has 0 spiro atoms. The fourth-order valence-electron chi connectivity index (χ4n) is 3.34. The normalized spacial score (nSPS) is 15.0. The van der Waals surface area contributed by atoms with Gasteiger partial charge in [-0.3, -0.25) is 4.79 Å². The number of esters is 1. The van der Waals surface area contributed by atoms with E-state index >= 15 is 0 Å². The van der Waals surface area contributed by atoms with Crippen LogP contribution < -0.4 is 10.6 Å². The van der Waals surface area contributed by atoms with Crippen molar-refractivity contribution in [1.82, 2.24) is 9.66 Å². The second-order valence-electron chi connectivity index (χ2n) is 6.73. The number of nitriles is 1. The van der Waals surface area contributed by atoms with Crippen LogP contribution in [0.25, 0.3) is 0 Å². The molecule has 1 aliphatic heterocycles. The van der Waals surface area contributed by atoms with Crippen LogP contribution in [-0.2, 0) is 9.53 Å². The second-order valence-corrected chi connectivity index (χ2v) is 6.73. The van der Waals surface area contributed by atoms with Crippen LogP contribution in [0.5, 0.6) is 0 Å². The van der Waals surface area contributed by atoms with Gasteiger partial charge in [-0.1, -0.05) is 6.07 Å². The number of nitrogens with zero attached hydrogens (tertiary/aromatic N) is 5. The zero-order chi connectivity index (χ0) is 20.1. The van der Waals surface area contributed by atoms with Gasteiger partial charge in [0.2, 0.25) is 5.95 Å². The topological polar surface area (TPSA) is 110 Å². The Bertz CT molecular complexity index is 919. The summed E-state index contributed by atoms with van der Waals surface area (Å²) >= 11 is 0. The van der Waals surface area contributed by atoms with Crippen molar-refractivity contribution in [2.24, 2.45) is 11.0 Å². The zero-order valence-corrected chi connectivity index (χ0v) is 16.1. The third-order valence-electron chi connectivity index (χ3n) is 4.76. The Morgan fingerprint density at radius 1 is 1.46 bits per heavy atom. The first kappa shape index (κ1) is 19.4. The van der Waals surface area contributed by atoms with E-state index < -0.39 is 0 Å². The third-order valence-corrected chi connectivity index (χ3v) is 4.76. The molecule has 1 aromatic heterocycles. The van der Waals surface area contributed by atoms with Crippen LogP contribution in [0.15, 0.2) is 29.5 Å². The lowest BCUT2D eigenvalue weighted by molar-refractivity contribution is -0.148. The molecule has 1 fully saturated rings. The average Bonchev–Trinajstić information content (AvgIpc) is 3.03. The van der Waals surface area contributed by atoms with E-state index in [9.17, 15) is 10.1 Å². The maximum atomic E-state index is 11.9. The largest absolute Gasteiger partial charge is 0.466 e. The minimum absolute atomic E-state index is 0.0581. The molecule has 1 saturated heterocycles. The van der Waals surface area contributed by atoms with Gasteiger partial charge in [0.15, 0.2) is 0 Å². The number of anilines is 2. The van der Waals surface area contributed by atoms with Crippen molar-refractivity contribution in [3.8, 4) is 6.07 Å². The van der Waals surface area contributed by atoms with Gasteiger partial charge in [-0.05, 0) is 44.4 Å². The molecule has 2 heterocycles. The summed E-state index contributed by atoms with van der Waals surface area (Å²) in [7, 11) is 0. The van der Waals surface area contributed by atoms with Gasteiger partial charge in [0.05, 0.1) is 41.9 Å². The van der Waals surface area contributed by atoms with Crippen molar-refractivity contribution < 1.29 is 9.53 Å². The van der Waals surface area contributed by atoms with Crippen LogP contribution in [0.4, 0.5) is 11.6 Å². The molecule has 0 atom stereocenters. The smallest absolute Gasteiger partial charge is 0.309 e. The number of hydrogen-bond donors (Lipinski definition) is 1. The molecule has 8 nitrogen and oxygen atoms in total. The number of imidazole rings is 1. The number of benzene rings is 1. The zero-order valence-electron chi connectivity index (χ0n) is 16.1. The van der Waals surface area contributed by atoms with E-state index in [2.05, 4.69) is 21.1 Å². The molecule has 2 N–H and O–H groups in total. The molecule has 146 valence electrons.